The summed E-state index contributed by atoms with van der Waals surface area (Å²) in [7, 11) is 3.74. The van der Waals surface area contributed by atoms with Crippen molar-refractivity contribution in [2.45, 2.75) is 47.1 Å². The Balaban J connectivity index is 1.63. The second-order valence-corrected chi connectivity index (χ2v) is 10.2. The number of aliphatic imine (C=N–C) groups is 1. The number of rotatable bonds is 5. The molecule has 3 aromatic carbocycles. The minimum Gasteiger partial charge on any atom is -0.496 e. The number of nitrogens with zero attached hydrogens (tertiary/aromatic N) is 4. The lowest BCUT2D eigenvalue weighted by Crippen LogP contribution is -2.14. The minimum atomic E-state index is 0.490. The van der Waals surface area contributed by atoms with Crippen molar-refractivity contribution >= 4 is 17.3 Å². The van der Waals surface area contributed by atoms with Crippen LogP contribution < -0.4 is 9.64 Å². The van der Waals surface area contributed by atoms with Gasteiger partial charge in [-0.2, -0.15) is 0 Å². The van der Waals surface area contributed by atoms with E-state index in [9.17, 15) is 0 Å². The van der Waals surface area contributed by atoms with Gasteiger partial charge in [-0.1, -0.05) is 49.7 Å². The zero-order chi connectivity index (χ0) is 26.3. The summed E-state index contributed by atoms with van der Waals surface area (Å²) in [6.07, 6.45) is 1.93. The molecule has 0 fully saturated rings. The molecule has 0 atom stereocenters. The molecule has 2 heterocycles. The Morgan fingerprint density at radius 2 is 1.73 bits per heavy atom. The van der Waals surface area contributed by atoms with Crippen molar-refractivity contribution in [1.29, 1.82) is 0 Å². The van der Waals surface area contributed by atoms with Gasteiger partial charge in [0, 0.05) is 41.2 Å². The number of hydrogen-bond acceptors (Lipinski definition) is 5. The fourth-order valence-electron chi connectivity index (χ4n) is 5.18. The van der Waals surface area contributed by atoms with Crippen LogP contribution in [0.25, 0.3) is 11.3 Å². The van der Waals surface area contributed by atoms with Crippen LogP contribution in [0.5, 0.6) is 5.75 Å². The van der Waals surface area contributed by atoms with Gasteiger partial charge in [-0.05, 0) is 67.6 Å². The maximum atomic E-state index is 5.76. The molecular weight excluding hydrogens is 456 g/mol. The molecule has 0 bridgehead atoms. The third-order valence-electron chi connectivity index (χ3n) is 7.20. The molecule has 37 heavy (non-hydrogen) atoms. The second kappa shape index (κ2) is 9.81. The Morgan fingerprint density at radius 3 is 2.46 bits per heavy atom. The van der Waals surface area contributed by atoms with Crippen molar-refractivity contribution in [2.75, 3.05) is 19.1 Å². The van der Waals surface area contributed by atoms with Crippen LogP contribution in [0, 0.1) is 20.8 Å². The summed E-state index contributed by atoms with van der Waals surface area (Å²) < 4.78 is 5.76. The van der Waals surface area contributed by atoms with E-state index < -0.39 is 0 Å². The third-order valence-corrected chi connectivity index (χ3v) is 7.20. The molecule has 0 aliphatic carbocycles. The van der Waals surface area contributed by atoms with Gasteiger partial charge in [0.05, 0.1) is 25.1 Å². The maximum Gasteiger partial charge on any atom is 0.230 e. The molecule has 0 spiro atoms. The van der Waals surface area contributed by atoms with E-state index in [0.717, 1.165) is 50.7 Å². The normalized spacial score (nSPS) is 12.5. The third kappa shape index (κ3) is 4.50. The Labute approximate surface area is 219 Å². The van der Waals surface area contributed by atoms with E-state index in [-0.39, 0.29) is 0 Å². The van der Waals surface area contributed by atoms with Gasteiger partial charge in [0.15, 0.2) is 0 Å². The van der Waals surface area contributed by atoms with Crippen molar-refractivity contribution < 1.29 is 4.74 Å². The van der Waals surface area contributed by atoms with E-state index in [1.54, 1.807) is 7.11 Å². The fraction of sp³-hybridized carbons (Fsp3) is 0.281. The molecule has 5 nitrogen and oxygen atoms in total. The number of hydrogen-bond donors (Lipinski definition) is 0. The Kier molecular flexibility index (Phi) is 6.55. The summed E-state index contributed by atoms with van der Waals surface area (Å²) in [6.45, 7) is 11.3. The van der Waals surface area contributed by atoms with E-state index in [2.05, 4.69) is 82.0 Å². The van der Waals surface area contributed by atoms with Gasteiger partial charge in [0.1, 0.15) is 5.75 Å². The van der Waals surface area contributed by atoms with Crippen LogP contribution >= 0.6 is 0 Å². The highest BCUT2D eigenvalue weighted by molar-refractivity contribution is 6.19. The van der Waals surface area contributed by atoms with Crippen molar-refractivity contribution in [3.05, 3.63) is 99.7 Å². The zero-order valence-electron chi connectivity index (χ0n) is 22.8. The molecule has 1 aromatic heterocycles. The minimum absolute atomic E-state index is 0.490. The van der Waals surface area contributed by atoms with Gasteiger partial charge in [-0.25, -0.2) is 9.97 Å². The summed E-state index contributed by atoms with van der Waals surface area (Å²) >= 11 is 0. The fourth-order valence-corrected chi connectivity index (χ4v) is 5.18. The van der Waals surface area contributed by atoms with Gasteiger partial charge in [-0.3, -0.25) is 4.99 Å². The molecule has 5 rings (SSSR count). The highest BCUT2D eigenvalue weighted by atomic mass is 16.5. The molecule has 188 valence electrons. The highest BCUT2D eigenvalue weighted by Crippen LogP contribution is 2.36. The highest BCUT2D eigenvalue weighted by Gasteiger charge is 2.25. The first-order chi connectivity index (χ1) is 17.8. The van der Waals surface area contributed by atoms with Crippen LogP contribution in [0.15, 0.2) is 65.8 Å². The number of methoxy groups -OCH3 is 1. The van der Waals surface area contributed by atoms with E-state index in [1.807, 2.05) is 25.4 Å². The van der Waals surface area contributed by atoms with E-state index in [1.165, 1.54) is 16.7 Å². The largest absolute Gasteiger partial charge is 0.496 e. The summed E-state index contributed by atoms with van der Waals surface area (Å²) in [5.74, 6) is 1.98. The molecular formula is C32H34N4O. The van der Waals surface area contributed by atoms with Crippen LogP contribution in [0.3, 0.4) is 0 Å². The van der Waals surface area contributed by atoms with E-state index in [0.29, 0.717) is 18.4 Å². The first kappa shape index (κ1) is 24.7. The van der Waals surface area contributed by atoms with E-state index >= 15 is 0 Å². The summed E-state index contributed by atoms with van der Waals surface area (Å²) in [4.78, 5) is 17.0. The van der Waals surface area contributed by atoms with Crippen molar-refractivity contribution in [1.82, 2.24) is 9.97 Å². The molecule has 1 aliphatic heterocycles. The number of benzene rings is 3. The smallest absolute Gasteiger partial charge is 0.230 e. The number of aryl methyl sites for hydroxylation is 3. The van der Waals surface area contributed by atoms with Gasteiger partial charge in [-0.15, -0.1) is 0 Å². The summed E-state index contributed by atoms with van der Waals surface area (Å²) in [5, 5.41) is 0. The average molecular weight is 491 g/mol. The number of ether oxygens (including phenoxy) is 1. The maximum absolute atomic E-state index is 5.76. The monoisotopic (exact) mass is 490 g/mol. The molecule has 0 N–H and O–H groups in total. The molecule has 1 aliphatic rings. The lowest BCUT2D eigenvalue weighted by molar-refractivity contribution is 0.413. The Bertz CT molecular complexity index is 1520. The van der Waals surface area contributed by atoms with Crippen LogP contribution in [0.1, 0.15) is 58.7 Å². The SMILES string of the molecule is COc1cccc(C)c1C1=NCc2cnc(N(C)c3ccc(C(C)C)c(C)c3)nc2-c2ccc(C)cc21. The summed E-state index contributed by atoms with van der Waals surface area (Å²) in [5.41, 5.74) is 12.0. The summed E-state index contributed by atoms with van der Waals surface area (Å²) in [6, 6.07) is 19.2. The molecule has 0 radical (unpaired) electrons. The molecule has 5 heteroatoms. The molecule has 0 saturated heterocycles. The molecule has 0 amide bonds. The Hall–Kier alpha value is -3.99. The van der Waals surface area contributed by atoms with Gasteiger partial charge in [0.2, 0.25) is 5.95 Å². The van der Waals surface area contributed by atoms with E-state index in [4.69, 9.17) is 19.7 Å². The Morgan fingerprint density at radius 1 is 0.919 bits per heavy atom. The van der Waals surface area contributed by atoms with Gasteiger partial charge >= 0.3 is 0 Å². The van der Waals surface area contributed by atoms with Gasteiger partial charge in [0.25, 0.3) is 0 Å². The predicted octanol–water partition coefficient (Wildman–Crippen LogP) is 7.32. The van der Waals surface area contributed by atoms with Crippen molar-refractivity contribution in [3.8, 4) is 17.0 Å². The van der Waals surface area contributed by atoms with Crippen LogP contribution in [0.2, 0.25) is 0 Å². The molecule has 4 aromatic rings. The lowest BCUT2D eigenvalue weighted by Gasteiger charge is -2.21. The van der Waals surface area contributed by atoms with Crippen LogP contribution in [-0.2, 0) is 6.54 Å². The van der Waals surface area contributed by atoms with Crippen molar-refractivity contribution in [3.63, 3.8) is 0 Å². The lowest BCUT2D eigenvalue weighted by atomic mass is 9.91. The number of fused-ring (bicyclic) bond motifs is 3. The molecule has 0 saturated carbocycles. The number of aromatic nitrogens is 2. The van der Waals surface area contributed by atoms with Crippen LogP contribution in [-0.4, -0.2) is 29.8 Å². The predicted molar refractivity (Wildman–Crippen MR) is 153 cm³/mol. The standard InChI is InChI=1S/C32H34N4O/c1-19(2)25-14-12-24(16-22(25)5)36(6)32-34-18-23-17-33-31(29-21(4)9-8-10-28(29)37-7)27-15-20(3)11-13-26(27)30(23)35-32/h8-16,18-19H,17H2,1-7H3. The first-order valence-corrected chi connectivity index (χ1v) is 12.8. The quantitative estimate of drug-likeness (QED) is 0.294. The topological polar surface area (TPSA) is 50.6 Å². The molecule has 0 unspecified atom stereocenters. The van der Waals surface area contributed by atoms with Gasteiger partial charge < -0.3 is 9.64 Å². The second-order valence-electron chi connectivity index (χ2n) is 10.2. The van der Waals surface area contributed by atoms with Crippen molar-refractivity contribution in [2.24, 2.45) is 4.99 Å². The average Bonchev–Trinajstić information content (AvgIpc) is 3.03. The zero-order valence-corrected chi connectivity index (χ0v) is 22.8. The number of anilines is 2. The van der Waals surface area contributed by atoms with Crippen LogP contribution in [0.4, 0.5) is 11.6 Å². The first-order valence-electron chi connectivity index (χ1n) is 12.8.